The van der Waals surface area contributed by atoms with E-state index < -0.39 is 5.60 Å². The second-order valence-electron chi connectivity index (χ2n) is 4.61. The average molecular weight is 287 g/mol. The molecule has 0 saturated heterocycles. The Hall–Kier alpha value is -0.610. The topological polar surface area (TPSA) is 29.5 Å². The van der Waals surface area contributed by atoms with Gasteiger partial charge in [-0.2, -0.15) is 0 Å². The highest BCUT2D eigenvalue weighted by molar-refractivity contribution is 9.10. The summed E-state index contributed by atoms with van der Waals surface area (Å²) >= 11 is 3.30. The lowest BCUT2D eigenvalue weighted by atomic mass is 10.1. The smallest absolute Gasteiger partial charge is 0.140 e. The molecule has 2 saturated carbocycles. The van der Waals surface area contributed by atoms with Gasteiger partial charge < -0.3 is 9.84 Å². The molecule has 16 heavy (non-hydrogen) atoms. The van der Waals surface area contributed by atoms with Crippen LogP contribution in [-0.4, -0.2) is 11.2 Å². The molecule has 0 spiro atoms. The van der Waals surface area contributed by atoms with Gasteiger partial charge in [-0.1, -0.05) is 0 Å². The minimum absolute atomic E-state index is 0.239. The third-order valence-corrected chi connectivity index (χ3v) is 3.63. The maximum Gasteiger partial charge on any atom is 0.140 e. The van der Waals surface area contributed by atoms with Gasteiger partial charge in [0.15, 0.2) is 0 Å². The van der Waals surface area contributed by atoms with Gasteiger partial charge in [-0.05, 0) is 53.7 Å². The van der Waals surface area contributed by atoms with Gasteiger partial charge in [-0.25, -0.2) is 4.39 Å². The van der Waals surface area contributed by atoms with Crippen molar-refractivity contribution >= 4 is 15.9 Å². The molecular formula is C12H12BrFO2. The number of aliphatic hydroxyl groups is 1. The molecule has 86 valence electrons. The van der Waals surface area contributed by atoms with Crippen LogP contribution >= 0.6 is 15.9 Å². The van der Waals surface area contributed by atoms with Gasteiger partial charge in [0.1, 0.15) is 11.6 Å². The summed E-state index contributed by atoms with van der Waals surface area (Å²) in [6.45, 7) is 0. The second-order valence-corrected chi connectivity index (χ2v) is 5.47. The van der Waals surface area contributed by atoms with Gasteiger partial charge in [0, 0.05) is 5.56 Å². The zero-order chi connectivity index (χ0) is 11.3. The number of rotatable bonds is 3. The molecule has 0 radical (unpaired) electrons. The number of benzene rings is 1. The Kier molecular flexibility index (Phi) is 2.27. The first-order chi connectivity index (χ1) is 7.58. The van der Waals surface area contributed by atoms with Crippen LogP contribution in [0.3, 0.4) is 0 Å². The van der Waals surface area contributed by atoms with Crippen molar-refractivity contribution < 1.29 is 14.2 Å². The maximum absolute atomic E-state index is 13.3. The summed E-state index contributed by atoms with van der Waals surface area (Å²) in [4.78, 5) is 0. The standard InChI is InChI=1S/C12H12BrFO2/c13-10-6-7(14)5-9(12(15)3-4-12)11(10)16-8-1-2-8/h5-6,8,15H,1-4H2. The van der Waals surface area contributed by atoms with Crippen molar-refractivity contribution in [3.63, 3.8) is 0 Å². The fourth-order valence-corrected chi connectivity index (χ4v) is 2.29. The largest absolute Gasteiger partial charge is 0.489 e. The van der Waals surface area contributed by atoms with Crippen LogP contribution in [0.15, 0.2) is 16.6 Å². The van der Waals surface area contributed by atoms with Crippen molar-refractivity contribution in [2.24, 2.45) is 0 Å². The Morgan fingerprint density at radius 1 is 1.38 bits per heavy atom. The van der Waals surface area contributed by atoms with Crippen molar-refractivity contribution in [2.45, 2.75) is 37.4 Å². The van der Waals surface area contributed by atoms with Crippen molar-refractivity contribution in [2.75, 3.05) is 0 Å². The summed E-state index contributed by atoms with van der Waals surface area (Å²) in [5.74, 6) is 0.272. The third kappa shape index (κ3) is 1.84. The van der Waals surface area contributed by atoms with Gasteiger partial charge >= 0.3 is 0 Å². The summed E-state index contributed by atoms with van der Waals surface area (Å²) < 4.78 is 19.7. The quantitative estimate of drug-likeness (QED) is 0.925. The van der Waals surface area contributed by atoms with Crippen LogP contribution in [0.5, 0.6) is 5.75 Å². The Morgan fingerprint density at radius 3 is 2.62 bits per heavy atom. The van der Waals surface area contributed by atoms with E-state index in [-0.39, 0.29) is 11.9 Å². The summed E-state index contributed by atoms with van der Waals surface area (Å²) in [6.07, 6.45) is 3.69. The SMILES string of the molecule is OC1(c2cc(F)cc(Br)c2OC2CC2)CC1. The normalized spacial score (nSPS) is 21.9. The van der Waals surface area contributed by atoms with Gasteiger partial charge in [0.05, 0.1) is 16.2 Å². The van der Waals surface area contributed by atoms with E-state index in [1.54, 1.807) is 0 Å². The molecule has 1 aromatic rings. The number of ether oxygens (including phenoxy) is 1. The molecule has 0 aromatic heterocycles. The first-order valence-corrected chi connectivity index (χ1v) is 6.26. The van der Waals surface area contributed by atoms with Crippen LogP contribution < -0.4 is 4.74 Å². The number of hydrogen-bond acceptors (Lipinski definition) is 2. The highest BCUT2D eigenvalue weighted by Gasteiger charge is 2.45. The Balaban J connectivity index is 2.04. The van der Waals surface area contributed by atoms with Crippen LogP contribution in [0.4, 0.5) is 4.39 Å². The maximum atomic E-state index is 13.3. The molecule has 0 amide bonds. The molecule has 1 N–H and O–H groups in total. The minimum Gasteiger partial charge on any atom is -0.489 e. The molecule has 1 aromatic carbocycles. The van der Waals surface area contributed by atoms with Crippen molar-refractivity contribution in [1.29, 1.82) is 0 Å². The van der Waals surface area contributed by atoms with Gasteiger partial charge in [0.25, 0.3) is 0 Å². The number of halogens is 2. The van der Waals surface area contributed by atoms with Crippen molar-refractivity contribution in [1.82, 2.24) is 0 Å². The first kappa shape index (κ1) is 10.5. The summed E-state index contributed by atoms with van der Waals surface area (Å²) in [5, 5.41) is 10.1. The van der Waals surface area contributed by atoms with Crippen molar-refractivity contribution in [3.05, 3.63) is 28.0 Å². The predicted octanol–water partition coefficient (Wildman–Crippen LogP) is 3.11. The molecule has 2 nitrogen and oxygen atoms in total. The van der Waals surface area contributed by atoms with Crippen molar-refractivity contribution in [3.8, 4) is 5.75 Å². The molecule has 0 atom stereocenters. The monoisotopic (exact) mass is 286 g/mol. The first-order valence-electron chi connectivity index (χ1n) is 5.47. The molecule has 0 heterocycles. The predicted molar refractivity (Wildman–Crippen MR) is 60.9 cm³/mol. The highest BCUT2D eigenvalue weighted by Crippen LogP contribution is 2.51. The van der Waals surface area contributed by atoms with Gasteiger partial charge in [-0.15, -0.1) is 0 Å². The van der Waals surface area contributed by atoms with E-state index in [1.807, 2.05) is 0 Å². The van der Waals surface area contributed by atoms with E-state index in [0.717, 1.165) is 12.8 Å². The Labute approximate surface area is 102 Å². The van der Waals surface area contributed by atoms with Crippen LogP contribution in [0.2, 0.25) is 0 Å². The lowest BCUT2D eigenvalue weighted by molar-refractivity contribution is 0.144. The fraction of sp³-hybridized carbons (Fsp3) is 0.500. The van der Waals surface area contributed by atoms with Gasteiger partial charge in [0.2, 0.25) is 0 Å². The van der Waals surface area contributed by atoms with E-state index in [0.29, 0.717) is 28.6 Å². The molecule has 3 rings (SSSR count). The van der Waals surface area contributed by atoms with E-state index >= 15 is 0 Å². The highest BCUT2D eigenvalue weighted by atomic mass is 79.9. The molecular weight excluding hydrogens is 275 g/mol. The Bertz CT molecular complexity index is 439. The van der Waals surface area contributed by atoms with Crippen LogP contribution in [0, 0.1) is 5.82 Å². The summed E-state index contributed by atoms with van der Waals surface area (Å²) in [7, 11) is 0. The molecule has 0 unspecified atom stereocenters. The summed E-state index contributed by atoms with van der Waals surface area (Å²) in [5.41, 5.74) is -0.277. The zero-order valence-electron chi connectivity index (χ0n) is 8.67. The van der Waals surface area contributed by atoms with E-state index in [1.165, 1.54) is 12.1 Å². The number of hydrogen-bond donors (Lipinski definition) is 1. The van der Waals surface area contributed by atoms with Crippen LogP contribution in [0.25, 0.3) is 0 Å². The Morgan fingerprint density at radius 2 is 2.06 bits per heavy atom. The molecule has 0 bridgehead atoms. The molecule has 4 heteroatoms. The van der Waals surface area contributed by atoms with Crippen LogP contribution in [-0.2, 0) is 5.60 Å². The fourth-order valence-electron chi connectivity index (χ4n) is 1.77. The zero-order valence-corrected chi connectivity index (χ0v) is 10.3. The van der Waals surface area contributed by atoms with E-state index in [4.69, 9.17) is 4.74 Å². The van der Waals surface area contributed by atoms with Gasteiger partial charge in [-0.3, -0.25) is 0 Å². The summed E-state index contributed by atoms with van der Waals surface area (Å²) in [6, 6.07) is 2.77. The second kappa shape index (κ2) is 3.44. The lowest BCUT2D eigenvalue weighted by Crippen LogP contribution is -2.10. The average Bonchev–Trinajstić information content (AvgIpc) is 3.08. The van der Waals surface area contributed by atoms with E-state index in [2.05, 4.69) is 15.9 Å². The van der Waals surface area contributed by atoms with E-state index in [9.17, 15) is 9.50 Å². The molecule has 2 fully saturated rings. The lowest BCUT2D eigenvalue weighted by Gasteiger charge is -2.16. The third-order valence-electron chi connectivity index (χ3n) is 3.04. The minimum atomic E-state index is -0.866. The van der Waals surface area contributed by atoms with Crippen LogP contribution in [0.1, 0.15) is 31.2 Å². The molecule has 2 aliphatic carbocycles. The molecule has 2 aliphatic rings. The molecule has 0 aliphatic heterocycles.